The first-order valence-electron chi connectivity index (χ1n) is 5.99. The van der Waals surface area contributed by atoms with Gasteiger partial charge in [0.15, 0.2) is 0 Å². The molecule has 1 aliphatic carbocycles. The molecule has 0 bridgehead atoms. The molecule has 0 aromatic rings. The van der Waals surface area contributed by atoms with E-state index in [9.17, 15) is 14.7 Å². The lowest BCUT2D eigenvalue weighted by atomic mass is 9.85. The molecule has 1 fully saturated rings. The minimum absolute atomic E-state index is 0.361. The summed E-state index contributed by atoms with van der Waals surface area (Å²) in [5, 5.41) is 15.1. The Labute approximate surface area is 101 Å². The maximum atomic E-state index is 11.4. The van der Waals surface area contributed by atoms with Gasteiger partial charge >= 0.3 is 6.03 Å². The van der Waals surface area contributed by atoms with Crippen LogP contribution in [0.5, 0.6) is 0 Å². The third-order valence-corrected chi connectivity index (χ3v) is 3.16. The van der Waals surface area contributed by atoms with E-state index in [4.69, 9.17) is 5.73 Å². The predicted molar refractivity (Wildman–Crippen MR) is 63.2 cm³/mol. The van der Waals surface area contributed by atoms with Gasteiger partial charge in [-0.1, -0.05) is 19.3 Å². The number of aliphatic hydroxyl groups is 1. The highest BCUT2D eigenvalue weighted by molar-refractivity contribution is 5.96. The summed E-state index contributed by atoms with van der Waals surface area (Å²) >= 11 is 0. The average molecular weight is 243 g/mol. The molecule has 3 amide bonds. The first-order valence-corrected chi connectivity index (χ1v) is 5.99. The summed E-state index contributed by atoms with van der Waals surface area (Å²) in [5.74, 6) is -0.475. The first-order chi connectivity index (χ1) is 7.93. The second kappa shape index (κ2) is 5.97. The van der Waals surface area contributed by atoms with E-state index in [1.807, 2.05) is 5.32 Å². The fourth-order valence-corrected chi connectivity index (χ4v) is 2.05. The summed E-state index contributed by atoms with van der Waals surface area (Å²) in [7, 11) is 0. The number of rotatable bonds is 4. The van der Waals surface area contributed by atoms with Gasteiger partial charge in [-0.3, -0.25) is 10.1 Å². The Hall–Kier alpha value is -1.14. The molecule has 6 heteroatoms. The normalized spacial score (nSPS) is 20.6. The summed E-state index contributed by atoms with van der Waals surface area (Å²) in [6.07, 6.45) is 4.69. The first kappa shape index (κ1) is 13.9. The van der Waals surface area contributed by atoms with Gasteiger partial charge in [-0.15, -0.1) is 0 Å². The number of amides is 3. The summed E-state index contributed by atoms with van der Waals surface area (Å²) in [5.41, 5.74) is 4.13. The molecule has 1 rings (SSSR count). The average Bonchev–Trinajstić information content (AvgIpc) is 2.26. The molecule has 98 valence electrons. The molecule has 0 aromatic heterocycles. The van der Waals surface area contributed by atoms with E-state index in [-0.39, 0.29) is 0 Å². The van der Waals surface area contributed by atoms with Gasteiger partial charge in [-0.05, 0) is 19.8 Å². The number of nitrogens with one attached hydrogen (secondary N) is 2. The van der Waals surface area contributed by atoms with Crippen molar-refractivity contribution < 1.29 is 14.7 Å². The quantitative estimate of drug-likeness (QED) is 0.551. The molecule has 0 heterocycles. The molecule has 17 heavy (non-hydrogen) atoms. The Morgan fingerprint density at radius 2 is 1.94 bits per heavy atom. The van der Waals surface area contributed by atoms with Crippen LogP contribution in [-0.2, 0) is 4.79 Å². The maximum Gasteiger partial charge on any atom is 0.318 e. The van der Waals surface area contributed by atoms with E-state index < -0.39 is 23.6 Å². The van der Waals surface area contributed by atoms with Gasteiger partial charge in [0, 0.05) is 6.54 Å². The van der Waals surface area contributed by atoms with Crippen molar-refractivity contribution >= 4 is 11.9 Å². The summed E-state index contributed by atoms with van der Waals surface area (Å²) in [6.45, 7) is 1.99. The van der Waals surface area contributed by atoms with E-state index in [0.29, 0.717) is 6.54 Å². The molecule has 1 aliphatic rings. The predicted octanol–water partition coefficient (Wildman–Crippen LogP) is -0.145. The molecule has 1 unspecified atom stereocenters. The van der Waals surface area contributed by atoms with Crippen LogP contribution in [0, 0.1) is 0 Å². The number of hydrogen-bond acceptors (Lipinski definition) is 4. The Morgan fingerprint density at radius 3 is 2.47 bits per heavy atom. The van der Waals surface area contributed by atoms with E-state index >= 15 is 0 Å². The molecule has 0 radical (unpaired) electrons. The van der Waals surface area contributed by atoms with Crippen LogP contribution < -0.4 is 16.4 Å². The molecule has 0 aliphatic heterocycles. The van der Waals surface area contributed by atoms with Crippen molar-refractivity contribution in [2.45, 2.75) is 50.7 Å². The number of hydrogen-bond donors (Lipinski definition) is 4. The number of imide groups is 1. The van der Waals surface area contributed by atoms with Gasteiger partial charge < -0.3 is 16.2 Å². The topological polar surface area (TPSA) is 104 Å². The molecular weight excluding hydrogens is 222 g/mol. The largest absolute Gasteiger partial charge is 0.389 e. The lowest BCUT2D eigenvalue weighted by Gasteiger charge is -2.33. The molecule has 0 saturated heterocycles. The highest BCUT2D eigenvalue weighted by Crippen LogP contribution is 2.27. The van der Waals surface area contributed by atoms with Gasteiger partial charge in [-0.25, -0.2) is 4.79 Å². The van der Waals surface area contributed by atoms with Gasteiger partial charge in [0.2, 0.25) is 5.91 Å². The van der Waals surface area contributed by atoms with Crippen LogP contribution in [0.15, 0.2) is 0 Å². The highest BCUT2D eigenvalue weighted by Gasteiger charge is 2.29. The zero-order chi connectivity index (χ0) is 12.9. The van der Waals surface area contributed by atoms with Crippen LogP contribution in [0.3, 0.4) is 0 Å². The molecule has 5 N–H and O–H groups in total. The zero-order valence-corrected chi connectivity index (χ0v) is 10.2. The van der Waals surface area contributed by atoms with Crippen molar-refractivity contribution in [1.82, 2.24) is 10.6 Å². The Balaban J connectivity index is 2.33. The van der Waals surface area contributed by atoms with Gasteiger partial charge in [-0.2, -0.15) is 0 Å². The van der Waals surface area contributed by atoms with Crippen LogP contribution >= 0.6 is 0 Å². The minimum atomic E-state index is -0.861. The van der Waals surface area contributed by atoms with E-state index in [2.05, 4.69) is 5.32 Å². The van der Waals surface area contributed by atoms with Gasteiger partial charge in [0.25, 0.3) is 0 Å². The third-order valence-electron chi connectivity index (χ3n) is 3.16. The van der Waals surface area contributed by atoms with E-state index in [0.717, 1.165) is 32.1 Å². The van der Waals surface area contributed by atoms with Gasteiger partial charge in [0.05, 0.1) is 11.6 Å². The minimum Gasteiger partial charge on any atom is -0.389 e. The van der Waals surface area contributed by atoms with Crippen molar-refractivity contribution in [3.8, 4) is 0 Å². The monoisotopic (exact) mass is 243 g/mol. The third kappa shape index (κ3) is 4.70. The van der Waals surface area contributed by atoms with Crippen LogP contribution in [0.2, 0.25) is 0 Å². The van der Waals surface area contributed by atoms with Crippen LogP contribution in [0.25, 0.3) is 0 Å². The Morgan fingerprint density at radius 1 is 1.35 bits per heavy atom. The second-order valence-corrected chi connectivity index (χ2v) is 4.74. The summed E-state index contributed by atoms with van der Waals surface area (Å²) in [6, 6.07) is -1.41. The molecular formula is C11H21N3O3. The summed E-state index contributed by atoms with van der Waals surface area (Å²) < 4.78 is 0. The molecule has 1 saturated carbocycles. The molecule has 0 aromatic carbocycles. The van der Waals surface area contributed by atoms with Crippen molar-refractivity contribution in [2.24, 2.45) is 5.73 Å². The Bertz CT molecular complexity index is 288. The number of carbonyl (C=O) groups is 2. The van der Waals surface area contributed by atoms with Crippen LogP contribution in [0.1, 0.15) is 39.0 Å². The fraction of sp³-hybridized carbons (Fsp3) is 0.818. The number of primary amides is 1. The maximum absolute atomic E-state index is 11.4. The van der Waals surface area contributed by atoms with E-state index in [1.54, 1.807) is 6.92 Å². The molecule has 0 spiro atoms. The van der Waals surface area contributed by atoms with Crippen molar-refractivity contribution in [1.29, 1.82) is 0 Å². The number of urea groups is 1. The highest BCUT2D eigenvalue weighted by atomic mass is 16.3. The number of nitrogens with two attached hydrogens (primary N) is 1. The fourth-order valence-electron chi connectivity index (χ4n) is 2.05. The molecule has 1 atom stereocenters. The van der Waals surface area contributed by atoms with Crippen molar-refractivity contribution in [3.63, 3.8) is 0 Å². The Kier molecular flexibility index (Phi) is 4.89. The SMILES string of the molecule is CC(NCC1(O)CCCCC1)C(=O)NC(N)=O. The second-order valence-electron chi connectivity index (χ2n) is 4.74. The smallest absolute Gasteiger partial charge is 0.318 e. The van der Waals surface area contributed by atoms with Crippen molar-refractivity contribution in [2.75, 3.05) is 6.54 Å². The standard InChI is InChI=1S/C11H21N3O3/c1-8(9(15)14-10(12)16)13-7-11(17)5-3-2-4-6-11/h8,13,17H,2-7H2,1H3,(H3,12,14,15,16). The lowest BCUT2D eigenvalue weighted by molar-refractivity contribution is -0.121. The van der Waals surface area contributed by atoms with Crippen molar-refractivity contribution in [3.05, 3.63) is 0 Å². The van der Waals surface area contributed by atoms with Crippen LogP contribution in [-0.4, -0.2) is 35.2 Å². The molecule has 6 nitrogen and oxygen atoms in total. The summed E-state index contributed by atoms with van der Waals surface area (Å²) in [4.78, 5) is 21.9. The zero-order valence-electron chi connectivity index (χ0n) is 10.2. The van der Waals surface area contributed by atoms with Gasteiger partial charge in [0.1, 0.15) is 0 Å². The van der Waals surface area contributed by atoms with Crippen LogP contribution in [0.4, 0.5) is 4.79 Å². The van der Waals surface area contributed by atoms with E-state index in [1.165, 1.54) is 0 Å². The lowest BCUT2D eigenvalue weighted by Crippen LogP contribution is -2.51. The number of carbonyl (C=O) groups excluding carboxylic acids is 2.